The Labute approximate surface area is 133 Å². The Hall–Kier alpha value is -2.90. The van der Waals surface area contributed by atoms with Gasteiger partial charge in [0.2, 0.25) is 0 Å². The highest BCUT2D eigenvalue weighted by molar-refractivity contribution is 5.92. The van der Waals surface area contributed by atoms with E-state index < -0.39 is 23.1 Å². The highest BCUT2D eigenvalue weighted by Crippen LogP contribution is 2.37. The molecule has 0 saturated carbocycles. The molecule has 1 aromatic carbocycles. The molecule has 0 spiro atoms. The van der Waals surface area contributed by atoms with Crippen molar-refractivity contribution in [3.8, 4) is 0 Å². The van der Waals surface area contributed by atoms with Crippen LogP contribution >= 0.6 is 0 Å². The Morgan fingerprint density at radius 3 is 2.58 bits per heavy atom. The molecule has 8 heteroatoms. The summed E-state index contributed by atoms with van der Waals surface area (Å²) in [5, 5.41) is 3.11. The van der Waals surface area contributed by atoms with Crippen LogP contribution in [0.5, 0.6) is 0 Å². The summed E-state index contributed by atoms with van der Waals surface area (Å²) in [5.74, 6) is -0.995. The number of halogens is 4. The summed E-state index contributed by atoms with van der Waals surface area (Å²) in [6.07, 6.45) is -1.83. The summed E-state index contributed by atoms with van der Waals surface area (Å²) < 4.78 is 53.9. The average Bonchev–Trinajstić information content (AvgIpc) is 2.53. The largest absolute Gasteiger partial charge is 0.418 e. The van der Waals surface area contributed by atoms with Gasteiger partial charge in [-0.2, -0.15) is 13.2 Å². The number of aryl methyl sites for hydroxylation is 1. The van der Waals surface area contributed by atoms with Gasteiger partial charge in [0.1, 0.15) is 5.82 Å². The van der Waals surface area contributed by atoms with Crippen molar-refractivity contribution < 1.29 is 17.6 Å². The van der Waals surface area contributed by atoms with Crippen LogP contribution < -0.4 is 10.9 Å². The summed E-state index contributed by atoms with van der Waals surface area (Å²) in [6, 6.07) is 5.08. The number of anilines is 2. The molecule has 124 valence electrons. The lowest BCUT2D eigenvalue weighted by atomic mass is 10.1. The monoisotopic (exact) mass is 337 g/mol. The van der Waals surface area contributed by atoms with Crippen molar-refractivity contribution in [1.29, 1.82) is 0 Å². The molecule has 3 rings (SSSR count). The minimum absolute atomic E-state index is 0.188. The van der Waals surface area contributed by atoms with E-state index in [0.717, 1.165) is 12.1 Å². The van der Waals surface area contributed by atoms with E-state index in [1.165, 1.54) is 30.1 Å². The maximum atomic E-state index is 13.2. The van der Waals surface area contributed by atoms with E-state index in [0.29, 0.717) is 17.0 Å². The highest BCUT2D eigenvalue weighted by Gasteiger charge is 2.34. The summed E-state index contributed by atoms with van der Waals surface area (Å²) in [7, 11) is 1.54. The first-order valence-corrected chi connectivity index (χ1v) is 6.85. The fourth-order valence-corrected chi connectivity index (χ4v) is 2.41. The third kappa shape index (κ3) is 2.82. The van der Waals surface area contributed by atoms with Crippen molar-refractivity contribution in [2.45, 2.75) is 6.18 Å². The van der Waals surface area contributed by atoms with Crippen LogP contribution in [0.4, 0.5) is 28.9 Å². The number of hydrogen-bond donors (Lipinski definition) is 1. The van der Waals surface area contributed by atoms with Crippen molar-refractivity contribution in [3.63, 3.8) is 0 Å². The quantitative estimate of drug-likeness (QED) is 0.723. The van der Waals surface area contributed by atoms with Crippen molar-refractivity contribution in [2.75, 3.05) is 5.32 Å². The van der Waals surface area contributed by atoms with Gasteiger partial charge in [0.15, 0.2) is 0 Å². The molecule has 0 unspecified atom stereocenters. The third-order valence-electron chi connectivity index (χ3n) is 3.61. The van der Waals surface area contributed by atoms with Crippen molar-refractivity contribution in [1.82, 2.24) is 9.55 Å². The van der Waals surface area contributed by atoms with Gasteiger partial charge in [0.05, 0.1) is 28.7 Å². The predicted octanol–water partition coefficient (Wildman–Crippen LogP) is 3.84. The van der Waals surface area contributed by atoms with Crippen LogP contribution in [0.2, 0.25) is 0 Å². The number of nitrogens with one attached hydrogen (secondary N) is 1. The molecule has 0 fully saturated rings. The molecule has 0 radical (unpaired) electrons. The molecule has 2 aromatic heterocycles. The number of rotatable bonds is 2. The van der Waals surface area contributed by atoms with E-state index in [1.807, 2.05) is 0 Å². The van der Waals surface area contributed by atoms with E-state index in [9.17, 15) is 22.4 Å². The minimum Gasteiger partial charge on any atom is -0.354 e. The normalized spacial score (nSPS) is 11.7. The number of alkyl halides is 3. The zero-order valence-electron chi connectivity index (χ0n) is 12.4. The van der Waals surface area contributed by atoms with Crippen LogP contribution in [0.3, 0.4) is 0 Å². The molecule has 0 bridgehead atoms. The molecule has 1 N–H and O–H groups in total. The van der Waals surface area contributed by atoms with Crippen LogP contribution in [-0.2, 0) is 13.2 Å². The Morgan fingerprint density at radius 1 is 1.12 bits per heavy atom. The topological polar surface area (TPSA) is 46.9 Å². The second-order valence-electron chi connectivity index (χ2n) is 5.16. The van der Waals surface area contributed by atoms with Crippen LogP contribution in [0.25, 0.3) is 10.9 Å². The lowest BCUT2D eigenvalue weighted by Gasteiger charge is -2.16. The number of nitrogens with zero attached hydrogens (tertiary/aromatic N) is 2. The van der Waals surface area contributed by atoms with E-state index in [-0.39, 0.29) is 11.4 Å². The van der Waals surface area contributed by atoms with E-state index >= 15 is 0 Å². The van der Waals surface area contributed by atoms with Gasteiger partial charge in [-0.15, -0.1) is 0 Å². The first kappa shape index (κ1) is 16.0. The van der Waals surface area contributed by atoms with Gasteiger partial charge < -0.3 is 9.88 Å². The fraction of sp³-hybridized carbons (Fsp3) is 0.125. The maximum Gasteiger partial charge on any atom is 0.418 e. The first-order valence-electron chi connectivity index (χ1n) is 6.85. The van der Waals surface area contributed by atoms with Gasteiger partial charge in [-0.25, -0.2) is 4.39 Å². The number of fused-ring (bicyclic) bond motifs is 1. The molecular weight excluding hydrogens is 326 g/mol. The Morgan fingerprint density at radius 2 is 1.88 bits per heavy atom. The van der Waals surface area contributed by atoms with Crippen LogP contribution in [0.15, 0.2) is 47.5 Å². The molecule has 0 aliphatic rings. The van der Waals surface area contributed by atoms with E-state index in [4.69, 9.17) is 0 Å². The fourth-order valence-electron chi connectivity index (χ4n) is 2.41. The summed E-state index contributed by atoms with van der Waals surface area (Å²) >= 11 is 0. The molecule has 0 amide bonds. The molecule has 2 heterocycles. The minimum atomic E-state index is -4.73. The second kappa shape index (κ2) is 5.63. The summed E-state index contributed by atoms with van der Waals surface area (Å²) in [4.78, 5) is 15.9. The SMILES string of the molecule is Cn1c(=O)cc(Nc2ccc(F)cc2C(F)(F)F)c2ccncc21. The van der Waals surface area contributed by atoms with Gasteiger partial charge in [0, 0.05) is 24.7 Å². The molecule has 0 aliphatic carbocycles. The number of benzene rings is 1. The highest BCUT2D eigenvalue weighted by atomic mass is 19.4. The summed E-state index contributed by atoms with van der Waals surface area (Å²) in [6.45, 7) is 0. The molecule has 3 aromatic rings. The molecule has 0 atom stereocenters. The molecule has 0 saturated heterocycles. The molecule has 24 heavy (non-hydrogen) atoms. The smallest absolute Gasteiger partial charge is 0.354 e. The van der Waals surface area contributed by atoms with Crippen LogP contribution in [0.1, 0.15) is 5.56 Å². The van der Waals surface area contributed by atoms with Gasteiger partial charge in [-0.05, 0) is 24.3 Å². The van der Waals surface area contributed by atoms with Crippen molar-refractivity contribution in [2.24, 2.45) is 7.05 Å². The van der Waals surface area contributed by atoms with E-state index in [1.54, 1.807) is 6.07 Å². The maximum absolute atomic E-state index is 13.2. The first-order chi connectivity index (χ1) is 11.3. The van der Waals surface area contributed by atoms with Gasteiger partial charge in [-0.3, -0.25) is 9.78 Å². The van der Waals surface area contributed by atoms with Crippen LogP contribution in [-0.4, -0.2) is 9.55 Å². The predicted molar refractivity (Wildman–Crippen MR) is 81.7 cm³/mol. The standard InChI is InChI=1S/C16H11F4N3O/c1-23-14-8-21-5-4-10(14)13(7-15(23)24)22-12-3-2-9(17)6-11(12)16(18,19)20/h2-8,22H,1H3. The Kier molecular flexibility index (Phi) is 3.75. The Balaban J connectivity index is 2.19. The average molecular weight is 337 g/mol. The Bertz CT molecular complexity index is 979. The van der Waals surface area contributed by atoms with Gasteiger partial charge in [0.25, 0.3) is 5.56 Å². The molecular formula is C16H11F4N3O. The summed E-state index contributed by atoms with van der Waals surface area (Å²) in [5.41, 5.74) is -1.25. The number of aromatic nitrogens is 2. The van der Waals surface area contributed by atoms with Gasteiger partial charge >= 0.3 is 6.18 Å². The van der Waals surface area contributed by atoms with Crippen molar-refractivity contribution in [3.05, 3.63) is 64.5 Å². The van der Waals surface area contributed by atoms with E-state index in [2.05, 4.69) is 10.3 Å². The van der Waals surface area contributed by atoms with Gasteiger partial charge in [-0.1, -0.05) is 0 Å². The lowest BCUT2D eigenvalue weighted by molar-refractivity contribution is -0.137. The number of hydrogen-bond acceptors (Lipinski definition) is 3. The van der Waals surface area contributed by atoms with Crippen LogP contribution in [0, 0.1) is 5.82 Å². The zero-order valence-corrected chi connectivity index (χ0v) is 12.4. The lowest BCUT2D eigenvalue weighted by Crippen LogP contribution is -2.17. The third-order valence-corrected chi connectivity index (χ3v) is 3.61. The number of pyridine rings is 2. The molecule has 4 nitrogen and oxygen atoms in total. The second-order valence-corrected chi connectivity index (χ2v) is 5.16. The molecule has 0 aliphatic heterocycles. The zero-order chi connectivity index (χ0) is 17.5. The van der Waals surface area contributed by atoms with Crippen molar-refractivity contribution >= 4 is 22.3 Å².